The van der Waals surface area contributed by atoms with Crippen LogP contribution in [0.5, 0.6) is 0 Å². The summed E-state index contributed by atoms with van der Waals surface area (Å²) in [4.78, 5) is 3.60. The minimum absolute atomic E-state index is 0.282. The highest BCUT2D eigenvalue weighted by atomic mass is 79.9. The predicted octanol–water partition coefficient (Wildman–Crippen LogP) is 2.20. The van der Waals surface area contributed by atoms with E-state index in [2.05, 4.69) is 20.9 Å². The molecule has 0 bridgehead atoms. The molecule has 0 aromatic carbocycles. The summed E-state index contributed by atoms with van der Waals surface area (Å²) in [6.45, 7) is 1.00. The van der Waals surface area contributed by atoms with Crippen molar-refractivity contribution in [2.24, 2.45) is 5.73 Å². The molecule has 0 fully saturated rings. The lowest BCUT2D eigenvalue weighted by Crippen LogP contribution is -2.26. The van der Waals surface area contributed by atoms with E-state index in [4.69, 9.17) is 5.73 Å². The highest BCUT2D eigenvalue weighted by Gasteiger charge is 2.31. The third-order valence-electron chi connectivity index (χ3n) is 1.68. The highest BCUT2D eigenvalue weighted by molar-refractivity contribution is 9.10. The summed E-state index contributed by atoms with van der Waals surface area (Å²) in [6, 6.07) is 1.33. The molecule has 0 aliphatic carbocycles. The fraction of sp³-hybridized carbons (Fsp3) is 0.375. The molecule has 0 aliphatic heterocycles. The summed E-state index contributed by atoms with van der Waals surface area (Å²) in [5.41, 5.74) is 5.36. The molecule has 72 valence electrons. The van der Waals surface area contributed by atoms with Crippen LogP contribution >= 0.6 is 15.9 Å². The zero-order valence-corrected chi connectivity index (χ0v) is 8.61. The van der Waals surface area contributed by atoms with E-state index in [1.54, 1.807) is 6.92 Å². The molecule has 0 amide bonds. The van der Waals surface area contributed by atoms with Crippen molar-refractivity contribution in [1.82, 2.24) is 4.98 Å². The summed E-state index contributed by atoms with van der Waals surface area (Å²) < 4.78 is 26.7. The molecule has 0 saturated carbocycles. The van der Waals surface area contributed by atoms with Crippen molar-refractivity contribution in [2.75, 3.05) is 6.54 Å². The Morgan fingerprint density at radius 1 is 1.62 bits per heavy atom. The molecule has 0 spiro atoms. The third kappa shape index (κ3) is 2.22. The zero-order valence-electron chi connectivity index (χ0n) is 7.02. The predicted molar refractivity (Wildman–Crippen MR) is 49.6 cm³/mol. The van der Waals surface area contributed by atoms with Crippen LogP contribution in [0.3, 0.4) is 0 Å². The van der Waals surface area contributed by atoms with Gasteiger partial charge in [-0.1, -0.05) is 0 Å². The fourth-order valence-corrected chi connectivity index (χ4v) is 1.06. The number of pyridine rings is 1. The summed E-state index contributed by atoms with van der Waals surface area (Å²) in [5, 5.41) is 0. The van der Waals surface area contributed by atoms with Gasteiger partial charge in [-0.25, -0.2) is 0 Å². The Balaban J connectivity index is 3.10. The van der Waals surface area contributed by atoms with Gasteiger partial charge in [0.25, 0.3) is 0 Å². The quantitative estimate of drug-likeness (QED) is 0.875. The number of aryl methyl sites for hydroxylation is 1. The summed E-state index contributed by atoms with van der Waals surface area (Å²) in [6.07, 6.45) is 1.36. The molecule has 0 unspecified atom stereocenters. The van der Waals surface area contributed by atoms with Crippen molar-refractivity contribution >= 4 is 15.9 Å². The Morgan fingerprint density at radius 2 is 2.23 bits per heavy atom. The van der Waals surface area contributed by atoms with Gasteiger partial charge in [-0.3, -0.25) is 4.98 Å². The van der Waals surface area contributed by atoms with Crippen LogP contribution < -0.4 is 5.73 Å². The van der Waals surface area contributed by atoms with Crippen molar-refractivity contribution in [3.05, 3.63) is 28.0 Å². The maximum Gasteiger partial charge on any atom is 0.301 e. The number of alkyl halides is 2. The first-order chi connectivity index (χ1) is 5.97. The number of hydrogen-bond acceptors (Lipinski definition) is 2. The maximum absolute atomic E-state index is 13.0. The lowest BCUT2D eigenvalue weighted by Gasteiger charge is -2.13. The Bertz CT molecular complexity index is 315. The standard InChI is InChI=1S/C8H9BrF2N2/c1-5-2-7(8(10,11)4-12)13-3-6(5)9/h2-3H,4,12H2,1H3. The zero-order chi connectivity index (χ0) is 10.1. The van der Waals surface area contributed by atoms with Crippen LogP contribution in [0.4, 0.5) is 8.78 Å². The van der Waals surface area contributed by atoms with Gasteiger partial charge in [-0.15, -0.1) is 0 Å². The Morgan fingerprint density at radius 3 is 2.69 bits per heavy atom. The van der Waals surface area contributed by atoms with E-state index in [0.29, 0.717) is 4.47 Å². The van der Waals surface area contributed by atoms with E-state index in [0.717, 1.165) is 5.56 Å². The number of nitrogens with zero attached hydrogens (tertiary/aromatic N) is 1. The molecule has 2 nitrogen and oxygen atoms in total. The van der Waals surface area contributed by atoms with Gasteiger partial charge in [-0.05, 0) is 34.5 Å². The van der Waals surface area contributed by atoms with Gasteiger partial charge in [0.1, 0.15) is 5.69 Å². The van der Waals surface area contributed by atoms with Crippen LogP contribution in [0.1, 0.15) is 11.3 Å². The Hall–Kier alpha value is -0.550. The molecule has 0 saturated heterocycles. The lowest BCUT2D eigenvalue weighted by molar-refractivity contribution is 0.00129. The van der Waals surface area contributed by atoms with E-state index in [-0.39, 0.29) is 5.69 Å². The number of halogens is 3. The molecule has 1 aromatic rings. The van der Waals surface area contributed by atoms with Crippen molar-refractivity contribution in [3.8, 4) is 0 Å². The van der Waals surface area contributed by atoms with Gasteiger partial charge >= 0.3 is 5.92 Å². The second kappa shape index (κ2) is 3.67. The molecule has 0 radical (unpaired) electrons. The largest absolute Gasteiger partial charge is 0.325 e. The first kappa shape index (κ1) is 10.5. The summed E-state index contributed by atoms with van der Waals surface area (Å²) in [5.74, 6) is -3.04. The van der Waals surface area contributed by atoms with Crippen LogP contribution in [-0.4, -0.2) is 11.5 Å². The molecular formula is C8H9BrF2N2. The highest BCUT2D eigenvalue weighted by Crippen LogP contribution is 2.27. The lowest BCUT2D eigenvalue weighted by atomic mass is 10.1. The Labute approximate surface area is 83.3 Å². The number of nitrogens with two attached hydrogens (primary N) is 1. The van der Waals surface area contributed by atoms with Gasteiger partial charge in [-0.2, -0.15) is 8.78 Å². The molecule has 5 heteroatoms. The van der Waals surface area contributed by atoms with Crippen molar-refractivity contribution in [2.45, 2.75) is 12.8 Å². The molecule has 1 heterocycles. The van der Waals surface area contributed by atoms with Crippen molar-refractivity contribution < 1.29 is 8.78 Å². The van der Waals surface area contributed by atoms with E-state index < -0.39 is 12.5 Å². The SMILES string of the molecule is Cc1cc(C(F)(F)CN)ncc1Br. The summed E-state index contributed by atoms with van der Waals surface area (Å²) >= 11 is 3.18. The normalized spacial score (nSPS) is 11.8. The van der Waals surface area contributed by atoms with Gasteiger partial charge in [0.15, 0.2) is 0 Å². The van der Waals surface area contributed by atoms with E-state index in [9.17, 15) is 8.78 Å². The van der Waals surface area contributed by atoms with Crippen LogP contribution in [-0.2, 0) is 5.92 Å². The maximum atomic E-state index is 13.0. The molecule has 1 aromatic heterocycles. The van der Waals surface area contributed by atoms with Gasteiger partial charge in [0, 0.05) is 10.7 Å². The molecule has 1 rings (SSSR count). The topological polar surface area (TPSA) is 38.9 Å². The Kier molecular flexibility index (Phi) is 2.98. The molecule has 13 heavy (non-hydrogen) atoms. The smallest absolute Gasteiger partial charge is 0.301 e. The van der Waals surface area contributed by atoms with E-state index in [1.807, 2.05) is 0 Å². The van der Waals surface area contributed by atoms with Crippen LogP contribution in [0, 0.1) is 6.92 Å². The second-order valence-corrected chi connectivity index (χ2v) is 3.58. The number of rotatable bonds is 2. The second-order valence-electron chi connectivity index (χ2n) is 2.73. The summed E-state index contributed by atoms with van der Waals surface area (Å²) in [7, 11) is 0. The van der Waals surface area contributed by atoms with Crippen molar-refractivity contribution in [1.29, 1.82) is 0 Å². The first-order valence-electron chi connectivity index (χ1n) is 3.68. The average Bonchev–Trinajstić information content (AvgIpc) is 2.09. The third-order valence-corrected chi connectivity index (χ3v) is 2.51. The van der Waals surface area contributed by atoms with Gasteiger partial charge in [0.2, 0.25) is 0 Å². The molecule has 2 N–H and O–H groups in total. The fourth-order valence-electron chi connectivity index (χ4n) is 0.844. The number of hydrogen-bond donors (Lipinski definition) is 1. The average molecular weight is 251 g/mol. The molecular weight excluding hydrogens is 242 g/mol. The molecule has 0 aliphatic rings. The monoisotopic (exact) mass is 250 g/mol. The minimum atomic E-state index is -3.04. The van der Waals surface area contributed by atoms with E-state index in [1.165, 1.54) is 12.3 Å². The number of aromatic nitrogens is 1. The van der Waals surface area contributed by atoms with Crippen LogP contribution in [0.15, 0.2) is 16.7 Å². The molecule has 0 atom stereocenters. The minimum Gasteiger partial charge on any atom is -0.325 e. The van der Waals surface area contributed by atoms with Crippen LogP contribution in [0.2, 0.25) is 0 Å². The van der Waals surface area contributed by atoms with Gasteiger partial charge < -0.3 is 5.73 Å². The van der Waals surface area contributed by atoms with Crippen molar-refractivity contribution in [3.63, 3.8) is 0 Å². The van der Waals surface area contributed by atoms with Crippen LogP contribution in [0.25, 0.3) is 0 Å². The van der Waals surface area contributed by atoms with E-state index >= 15 is 0 Å². The first-order valence-corrected chi connectivity index (χ1v) is 4.47. The van der Waals surface area contributed by atoms with Gasteiger partial charge in [0.05, 0.1) is 6.54 Å².